The van der Waals surface area contributed by atoms with Gasteiger partial charge in [0.2, 0.25) is 5.91 Å². The zero-order valence-electron chi connectivity index (χ0n) is 16.3. The predicted molar refractivity (Wildman–Crippen MR) is 107 cm³/mol. The second kappa shape index (κ2) is 9.33. The van der Waals surface area contributed by atoms with Crippen LogP contribution in [0.5, 0.6) is 11.5 Å². The second-order valence-electron chi connectivity index (χ2n) is 6.29. The predicted octanol–water partition coefficient (Wildman–Crippen LogP) is 3.85. The third-order valence-corrected chi connectivity index (χ3v) is 3.99. The van der Waals surface area contributed by atoms with E-state index in [0.717, 1.165) is 22.4 Å². The number of amides is 1. The SMILES string of the molecule is CCOc1ccc(-c2ccc(=O)n(CC(=O)Nc3ccc(OC(F)(F)F)cc3)n2)cc1. The number of carbonyl (C=O) groups is 1. The molecule has 7 nitrogen and oxygen atoms in total. The summed E-state index contributed by atoms with van der Waals surface area (Å²) in [7, 11) is 0. The molecular formula is C21H18F3N3O4. The van der Waals surface area contributed by atoms with Crippen LogP contribution in [0.25, 0.3) is 11.3 Å². The van der Waals surface area contributed by atoms with Crippen molar-refractivity contribution in [2.75, 3.05) is 11.9 Å². The summed E-state index contributed by atoms with van der Waals surface area (Å²) >= 11 is 0. The monoisotopic (exact) mass is 433 g/mol. The number of alkyl halides is 3. The average Bonchev–Trinajstić information content (AvgIpc) is 2.71. The molecule has 1 heterocycles. The van der Waals surface area contributed by atoms with Crippen LogP contribution >= 0.6 is 0 Å². The molecule has 0 aliphatic rings. The minimum atomic E-state index is -4.80. The Balaban J connectivity index is 1.68. The molecule has 162 valence electrons. The first-order valence-electron chi connectivity index (χ1n) is 9.20. The first kappa shape index (κ1) is 21.9. The molecule has 0 atom stereocenters. The molecule has 0 saturated carbocycles. The molecule has 3 rings (SSSR count). The Morgan fingerprint density at radius 3 is 2.26 bits per heavy atom. The van der Waals surface area contributed by atoms with Gasteiger partial charge in [0.25, 0.3) is 5.56 Å². The number of ether oxygens (including phenoxy) is 2. The molecule has 0 radical (unpaired) electrons. The molecule has 0 bridgehead atoms. The minimum absolute atomic E-state index is 0.246. The van der Waals surface area contributed by atoms with Crippen LogP contribution < -0.4 is 20.3 Å². The quantitative estimate of drug-likeness (QED) is 0.612. The van der Waals surface area contributed by atoms with Crippen LogP contribution in [-0.2, 0) is 11.3 Å². The zero-order valence-corrected chi connectivity index (χ0v) is 16.3. The average molecular weight is 433 g/mol. The summed E-state index contributed by atoms with van der Waals surface area (Å²) in [5.74, 6) is -0.278. The number of benzene rings is 2. The molecule has 0 fully saturated rings. The lowest BCUT2D eigenvalue weighted by atomic mass is 10.1. The van der Waals surface area contributed by atoms with Crippen molar-refractivity contribution in [2.45, 2.75) is 19.8 Å². The topological polar surface area (TPSA) is 82.5 Å². The summed E-state index contributed by atoms with van der Waals surface area (Å²) in [6.07, 6.45) is -4.80. The number of hydrogen-bond acceptors (Lipinski definition) is 5. The van der Waals surface area contributed by atoms with Gasteiger partial charge in [-0.1, -0.05) is 0 Å². The first-order chi connectivity index (χ1) is 14.7. The summed E-state index contributed by atoms with van der Waals surface area (Å²) in [6, 6.07) is 14.6. The summed E-state index contributed by atoms with van der Waals surface area (Å²) < 4.78 is 46.8. The van der Waals surface area contributed by atoms with E-state index in [4.69, 9.17) is 4.74 Å². The number of hydrogen-bond donors (Lipinski definition) is 1. The normalized spacial score (nSPS) is 11.1. The van der Waals surface area contributed by atoms with Gasteiger partial charge in [-0.25, -0.2) is 4.68 Å². The van der Waals surface area contributed by atoms with Crippen molar-refractivity contribution in [1.82, 2.24) is 9.78 Å². The van der Waals surface area contributed by atoms with E-state index in [1.165, 1.54) is 18.2 Å². The fraction of sp³-hybridized carbons (Fsp3) is 0.190. The van der Waals surface area contributed by atoms with Gasteiger partial charge in [0, 0.05) is 17.3 Å². The lowest BCUT2D eigenvalue weighted by molar-refractivity contribution is -0.274. The minimum Gasteiger partial charge on any atom is -0.494 e. The van der Waals surface area contributed by atoms with E-state index in [1.807, 2.05) is 6.92 Å². The van der Waals surface area contributed by atoms with Gasteiger partial charge in [0.05, 0.1) is 12.3 Å². The lowest BCUT2D eigenvalue weighted by Crippen LogP contribution is -2.29. The van der Waals surface area contributed by atoms with Crippen molar-refractivity contribution in [1.29, 1.82) is 0 Å². The molecule has 1 aromatic heterocycles. The van der Waals surface area contributed by atoms with Crippen LogP contribution in [0, 0.1) is 0 Å². The van der Waals surface area contributed by atoms with Crippen LogP contribution in [0.2, 0.25) is 0 Å². The molecule has 31 heavy (non-hydrogen) atoms. The van der Waals surface area contributed by atoms with Gasteiger partial charge >= 0.3 is 6.36 Å². The Morgan fingerprint density at radius 1 is 1.00 bits per heavy atom. The highest BCUT2D eigenvalue weighted by Crippen LogP contribution is 2.24. The van der Waals surface area contributed by atoms with E-state index in [2.05, 4.69) is 15.2 Å². The van der Waals surface area contributed by atoms with E-state index < -0.39 is 23.6 Å². The van der Waals surface area contributed by atoms with Gasteiger partial charge in [0.1, 0.15) is 18.0 Å². The van der Waals surface area contributed by atoms with Crippen molar-refractivity contribution in [3.63, 3.8) is 0 Å². The van der Waals surface area contributed by atoms with Crippen molar-refractivity contribution < 1.29 is 27.4 Å². The third kappa shape index (κ3) is 6.33. The number of nitrogens with zero attached hydrogens (tertiary/aromatic N) is 2. The van der Waals surface area contributed by atoms with Gasteiger partial charge in [-0.3, -0.25) is 9.59 Å². The zero-order chi connectivity index (χ0) is 22.4. The molecule has 0 spiro atoms. The van der Waals surface area contributed by atoms with E-state index >= 15 is 0 Å². The van der Waals surface area contributed by atoms with Crippen LogP contribution in [0.4, 0.5) is 18.9 Å². The molecule has 3 aromatic rings. The number of aromatic nitrogens is 2. The maximum atomic E-state index is 12.3. The number of anilines is 1. The summed E-state index contributed by atoms with van der Waals surface area (Å²) in [6.45, 7) is 2.04. The summed E-state index contributed by atoms with van der Waals surface area (Å²) in [4.78, 5) is 24.4. The molecule has 0 aliphatic carbocycles. The number of rotatable bonds is 7. The van der Waals surface area contributed by atoms with Crippen LogP contribution in [0.1, 0.15) is 6.92 Å². The van der Waals surface area contributed by atoms with E-state index in [0.29, 0.717) is 18.1 Å². The molecule has 0 unspecified atom stereocenters. The van der Waals surface area contributed by atoms with Crippen molar-refractivity contribution in [3.8, 4) is 22.8 Å². The fourth-order valence-corrected chi connectivity index (χ4v) is 2.68. The first-order valence-corrected chi connectivity index (χ1v) is 9.20. The molecule has 10 heteroatoms. The van der Waals surface area contributed by atoms with Gasteiger partial charge in [0.15, 0.2) is 0 Å². The maximum Gasteiger partial charge on any atom is 0.573 e. The van der Waals surface area contributed by atoms with Gasteiger partial charge < -0.3 is 14.8 Å². The van der Waals surface area contributed by atoms with E-state index in [-0.39, 0.29) is 12.2 Å². The van der Waals surface area contributed by atoms with Crippen molar-refractivity contribution >= 4 is 11.6 Å². The second-order valence-corrected chi connectivity index (χ2v) is 6.29. The third-order valence-electron chi connectivity index (χ3n) is 3.99. The van der Waals surface area contributed by atoms with E-state index in [1.54, 1.807) is 30.3 Å². The largest absolute Gasteiger partial charge is 0.573 e. The van der Waals surface area contributed by atoms with Crippen molar-refractivity contribution in [3.05, 3.63) is 71.0 Å². The highest BCUT2D eigenvalue weighted by Gasteiger charge is 2.30. The molecule has 1 N–H and O–H groups in total. The van der Waals surface area contributed by atoms with E-state index in [9.17, 15) is 22.8 Å². The maximum absolute atomic E-state index is 12.3. The van der Waals surface area contributed by atoms with Crippen molar-refractivity contribution in [2.24, 2.45) is 0 Å². The number of carbonyl (C=O) groups excluding carboxylic acids is 1. The Hall–Kier alpha value is -3.82. The Labute approximate surface area is 175 Å². The highest BCUT2D eigenvalue weighted by atomic mass is 19.4. The fourth-order valence-electron chi connectivity index (χ4n) is 2.68. The standard InChI is InChI=1S/C21H18F3N3O4/c1-2-30-16-7-3-14(4-8-16)18-11-12-20(29)27(26-18)13-19(28)25-15-5-9-17(10-6-15)31-21(22,23)24/h3-12H,2,13H2,1H3,(H,25,28). The molecule has 0 saturated heterocycles. The summed E-state index contributed by atoms with van der Waals surface area (Å²) in [5.41, 5.74) is 0.996. The molecule has 1 amide bonds. The smallest absolute Gasteiger partial charge is 0.494 e. The Morgan fingerprint density at radius 2 is 1.65 bits per heavy atom. The van der Waals surface area contributed by atoms with Gasteiger partial charge in [-0.15, -0.1) is 13.2 Å². The molecule has 2 aromatic carbocycles. The number of nitrogens with one attached hydrogen (secondary N) is 1. The molecule has 0 aliphatic heterocycles. The Kier molecular flexibility index (Phi) is 6.58. The number of halogens is 3. The van der Waals surface area contributed by atoms with Crippen LogP contribution in [-0.4, -0.2) is 28.7 Å². The lowest BCUT2D eigenvalue weighted by Gasteiger charge is -2.11. The van der Waals surface area contributed by atoms with Gasteiger partial charge in [-0.05, 0) is 61.5 Å². The van der Waals surface area contributed by atoms with Gasteiger partial charge in [-0.2, -0.15) is 5.10 Å². The van der Waals surface area contributed by atoms with Crippen LogP contribution in [0.3, 0.4) is 0 Å². The Bertz CT molecular complexity index is 1090. The summed E-state index contributed by atoms with van der Waals surface area (Å²) in [5, 5.41) is 6.71. The van der Waals surface area contributed by atoms with Crippen LogP contribution in [0.15, 0.2) is 65.5 Å². The molecular weight excluding hydrogens is 415 g/mol. The highest BCUT2D eigenvalue weighted by molar-refractivity contribution is 5.90.